The molecule has 0 bridgehead atoms. The van der Waals surface area contributed by atoms with Crippen LogP contribution >= 0.6 is 0 Å². The van der Waals surface area contributed by atoms with Gasteiger partial charge in [0.25, 0.3) is 0 Å². The number of hydrogen-bond donors (Lipinski definition) is 1. The van der Waals surface area contributed by atoms with E-state index in [0.717, 1.165) is 12.0 Å². The zero-order valence-electron chi connectivity index (χ0n) is 16.6. The van der Waals surface area contributed by atoms with Crippen LogP contribution in [0.1, 0.15) is 36.7 Å². The maximum atomic E-state index is 12.2. The van der Waals surface area contributed by atoms with Crippen LogP contribution < -0.4 is 14.8 Å². The van der Waals surface area contributed by atoms with Crippen molar-refractivity contribution in [3.63, 3.8) is 0 Å². The van der Waals surface area contributed by atoms with Gasteiger partial charge in [-0.15, -0.1) is 0 Å². The second-order valence-electron chi connectivity index (χ2n) is 7.41. The predicted molar refractivity (Wildman–Crippen MR) is 106 cm³/mol. The molecule has 0 saturated heterocycles. The van der Waals surface area contributed by atoms with Crippen molar-refractivity contribution < 1.29 is 28.6 Å². The number of ether oxygens (including phenoxy) is 3. The highest BCUT2D eigenvalue weighted by Gasteiger charge is 2.32. The van der Waals surface area contributed by atoms with Gasteiger partial charge in [-0.3, -0.25) is 9.59 Å². The van der Waals surface area contributed by atoms with Crippen molar-refractivity contribution in [3.05, 3.63) is 53.6 Å². The first-order chi connectivity index (χ1) is 13.7. The Bertz CT molecular complexity index is 933. The Kier molecular flexibility index (Phi) is 5.87. The first kappa shape index (κ1) is 20.4. The molecule has 2 aromatic carbocycles. The number of Topliss-reactive ketones (excluding diaryl/α,β-unsaturated/α-hetero) is 1. The van der Waals surface area contributed by atoms with E-state index >= 15 is 0 Å². The summed E-state index contributed by atoms with van der Waals surface area (Å²) in [5, 5.41) is 2.61. The van der Waals surface area contributed by atoms with Crippen LogP contribution in [0.3, 0.4) is 0 Å². The van der Waals surface area contributed by atoms with Crippen molar-refractivity contribution >= 4 is 23.3 Å². The van der Waals surface area contributed by atoms with Crippen molar-refractivity contribution in [1.82, 2.24) is 0 Å². The highest BCUT2D eigenvalue weighted by Crippen LogP contribution is 2.41. The van der Waals surface area contributed by atoms with Gasteiger partial charge < -0.3 is 19.5 Å². The minimum absolute atomic E-state index is 0.198. The molecule has 0 saturated carbocycles. The SMILES string of the molecule is CC(=O)Nc1ccc(C(=O)COC(=O)COc2cccc3c2OC(C)(C)C3)cc1. The van der Waals surface area contributed by atoms with E-state index < -0.39 is 12.6 Å². The summed E-state index contributed by atoms with van der Waals surface area (Å²) in [5.74, 6) is -0.0805. The lowest BCUT2D eigenvalue weighted by Gasteiger charge is -2.18. The summed E-state index contributed by atoms with van der Waals surface area (Å²) in [6.45, 7) is 4.66. The van der Waals surface area contributed by atoms with Crippen LogP contribution in [0.15, 0.2) is 42.5 Å². The first-order valence-corrected chi connectivity index (χ1v) is 9.24. The Morgan fingerprint density at radius 3 is 2.48 bits per heavy atom. The molecule has 1 N–H and O–H groups in total. The van der Waals surface area contributed by atoms with Crippen molar-refractivity contribution in [2.24, 2.45) is 0 Å². The number of nitrogens with one attached hydrogen (secondary N) is 1. The topological polar surface area (TPSA) is 90.9 Å². The van der Waals surface area contributed by atoms with Crippen LogP contribution in [0.25, 0.3) is 0 Å². The minimum atomic E-state index is -0.650. The van der Waals surface area contributed by atoms with Crippen molar-refractivity contribution in [2.75, 3.05) is 18.5 Å². The summed E-state index contributed by atoms with van der Waals surface area (Å²) >= 11 is 0. The zero-order valence-corrected chi connectivity index (χ0v) is 16.6. The molecule has 0 unspecified atom stereocenters. The molecule has 1 amide bonds. The fourth-order valence-electron chi connectivity index (χ4n) is 3.05. The number of amides is 1. The Morgan fingerprint density at radius 1 is 1.07 bits per heavy atom. The Balaban J connectivity index is 1.49. The van der Waals surface area contributed by atoms with E-state index in [-0.39, 0.29) is 23.9 Å². The molecule has 152 valence electrons. The van der Waals surface area contributed by atoms with Gasteiger partial charge in [-0.25, -0.2) is 4.79 Å². The largest absolute Gasteiger partial charge is 0.483 e. The first-order valence-electron chi connectivity index (χ1n) is 9.24. The van der Waals surface area contributed by atoms with Crippen molar-refractivity contribution in [1.29, 1.82) is 0 Å². The fraction of sp³-hybridized carbons (Fsp3) is 0.318. The molecule has 0 radical (unpaired) electrons. The van der Waals surface area contributed by atoms with E-state index in [1.807, 2.05) is 26.0 Å². The number of fused-ring (bicyclic) bond motifs is 1. The molecule has 7 heteroatoms. The third kappa shape index (κ3) is 5.34. The molecule has 7 nitrogen and oxygen atoms in total. The van der Waals surface area contributed by atoms with E-state index in [0.29, 0.717) is 22.7 Å². The van der Waals surface area contributed by atoms with E-state index in [4.69, 9.17) is 14.2 Å². The van der Waals surface area contributed by atoms with Crippen LogP contribution in [-0.2, 0) is 20.7 Å². The quantitative estimate of drug-likeness (QED) is 0.570. The van der Waals surface area contributed by atoms with Crippen LogP contribution in [0, 0.1) is 0 Å². The molecule has 0 fully saturated rings. The van der Waals surface area contributed by atoms with Gasteiger partial charge >= 0.3 is 5.97 Å². The van der Waals surface area contributed by atoms with E-state index in [1.54, 1.807) is 30.3 Å². The third-order valence-electron chi connectivity index (χ3n) is 4.29. The molecule has 2 aromatic rings. The summed E-state index contributed by atoms with van der Waals surface area (Å²) in [6.07, 6.45) is 0.763. The molecule has 0 aliphatic carbocycles. The molecule has 0 aromatic heterocycles. The van der Waals surface area contributed by atoms with Crippen molar-refractivity contribution in [3.8, 4) is 11.5 Å². The molecule has 1 aliphatic heterocycles. The summed E-state index contributed by atoms with van der Waals surface area (Å²) in [6, 6.07) is 11.9. The highest BCUT2D eigenvalue weighted by atomic mass is 16.6. The smallest absolute Gasteiger partial charge is 0.344 e. The van der Waals surface area contributed by atoms with E-state index in [2.05, 4.69) is 5.32 Å². The summed E-state index contributed by atoms with van der Waals surface area (Å²) in [7, 11) is 0. The Morgan fingerprint density at radius 2 is 1.79 bits per heavy atom. The molecular formula is C22H23NO6. The average molecular weight is 397 g/mol. The lowest BCUT2D eigenvalue weighted by atomic mass is 10.0. The van der Waals surface area contributed by atoms with E-state index in [9.17, 15) is 14.4 Å². The zero-order chi connectivity index (χ0) is 21.0. The van der Waals surface area contributed by atoms with Gasteiger partial charge in [-0.2, -0.15) is 0 Å². The maximum Gasteiger partial charge on any atom is 0.344 e. The van der Waals surface area contributed by atoms with Crippen LogP contribution in [-0.4, -0.2) is 36.5 Å². The molecular weight excluding hydrogens is 374 g/mol. The Hall–Kier alpha value is -3.35. The number of esters is 1. The van der Waals surface area contributed by atoms with Crippen LogP contribution in [0.4, 0.5) is 5.69 Å². The molecule has 0 spiro atoms. The number of rotatable bonds is 7. The Labute approximate surface area is 169 Å². The second kappa shape index (κ2) is 8.34. The summed E-state index contributed by atoms with van der Waals surface area (Å²) < 4.78 is 16.4. The second-order valence-corrected chi connectivity index (χ2v) is 7.41. The minimum Gasteiger partial charge on any atom is -0.483 e. The van der Waals surface area contributed by atoms with Crippen molar-refractivity contribution in [2.45, 2.75) is 32.8 Å². The number of ketones is 1. The molecule has 29 heavy (non-hydrogen) atoms. The number of carbonyl (C=O) groups excluding carboxylic acids is 3. The van der Waals surface area contributed by atoms with Crippen LogP contribution in [0.2, 0.25) is 0 Å². The average Bonchev–Trinajstić information content (AvgIpc) is 2.99. The van der Waals surface area contributed by atoms with Gasteiger partial charge in [-0.1, -0.05) is 12.1 Å². The fourth-order valence-corrected chi connectivity index (χ4v) is 3.05. The molecule has 3 rings (SSSR count). The van der Waals surface area contributed by atoms with Crippen LogP contribution in [0.5, 0.6) is 11.5 Å². The predicted octanol–water partition coefficient (Wildman–Crippen LogP) is 3.16. The monoisotopic (exact) mass is 397 g/mol. The number of para-hydroxylation sites is 1. The normalized spacial score (nSPS) is 13.8. The number of benzene rings is 2. The summed E-state index contributed by atoms with van der Waals surface area (Å²) in [4.78, 5) is 35.1. The highest BCUT2D eigenvalue weighted by molar-refractivity contribution is 5.98. The van der Waals surface area contributed by atoms with Gasteiger partial charge in [0, 0.05) is 30.2 Å². The maximum absolute atomic E-state index is 12.2. The standard InChI is InChI=1S/C22H23NO6/c1-14(24)23-17-9-7-15(8-10-17)18(25)12-28-20(26)13-27-19-6-4-5-16-11-22(2,3)29-21(16)19/h4-10H,11-13H2,1-3H3,(H,23,24). The van der Waals surface area contributed by atoms with Gasteiger partial charge in [-0.05, 0) is 44.2 Å². The van der Waals surface area contributed by atoms with Gasteiger partial charge in [0.2, 0.25) is 5.91 Å². The van der Waals surface area contributed by atoms with Gasteiger partial charge in [0.1, 0.15) is 5.60 Å². The molecule has 1 heterocycles. The molecule has 0 atom stereocenters. The lowest BCUT2D eigenvalue weighted by Crippen LogP contribution is -2.25. The van der Waals surface area contributed by atoms with Gasteiger partial charge in [0.15, 0.2) is 30.5 Å². The number of hydrogen-bond acceptors (Lipinski definition) is 6. The molecule has 1 aliphatic rings. The van der Waals surface area contributed by atoms with E-state index in [1.165, 1.54) is 6.92 Å². The lowest BCUT2D eigenvalue weighted by molar-refractivity contribution is -0.144. The third-order valence-corrected chi connectivity index (χ3v) is 4.29. The number of anilines is 1. The van der Waals surface area contributed by atoms with Gasteiger partial charge in [0.05, 0.1) is 0 Å². The number of carbonyl (C=O) groups is 3. The summed E-state index contributed by atoms with van der Waals surface area (Å²) in [5.41, 5.74) is 1.67.